The Labute approximate surface area is 193 Å². The van der Waals surface area contributed by atoms with E-state index in [1.54, 1.807) is 0 Å². The molecule has 2 heterocycles. The summed E-state index contributed by atoms with van der Waals surface area (Å²) in [6.45, 7) is 10.0. The summed E-state index contributed by atoms with van der Waals surface area (Å²) in [6, 6.07) is 17.2. The standard InChI is InChI=1S/C26H35NO3.ClH/c1-18(2)29-22-11-12-24(30-19(3)4)23(15-22)21-16-26(28-17-21)13-8-14-27-25(26)20-9-6-5-7-10-20;/h5-7,9-12,15,18-19,21,25,27H,8,13-14,16-17H2,1-4H3;1H/t21-,25-,26+;/m0./s1. The van der Waals surface area contributed by atoms with Crippen LogP contribution < -0.4 is 14.8 Å². The van der Waals surface area contributed by atoms with Crippen molar-refractivity contribution in [3.63, 3.8) is 0 Å². The molecule has 1 N–H and O–H groups in total. The Morgan fingerprint density at radius 1 is 1.00 bits per heavy atom. The van der Waals surface area contributed by atoms with Gasteiger partial charge in [0.15, 0.2) is 0 Å². The van der Waals surface area contributed by atoms with Crippen LogP contribution in [0.15, 0.2) is 48.5 Å². The number of ether oxygens (including phenoxy) is 3. The third-order valence-electron chi connectivity index (χ3n) is 6.10. The first-order chi connectivity index (χ1) is 14.5. The van der Waals surface area contributed by atoms with Gasteiger partial charge >= 0.3 is 0 Å². The molecule has 2 aromatic carbocycles. The smallest absolute Gasteiger partial charge is 0.123 e. The Morgan fingerprint density at radius 3 is 2.45 bits per heavy atom. The molecule has 1 spiro atoms. The maximum absolute atomic E-state index is 6.64. The summed E-state index contributed by atoms with van der Waals surface area (Å²) in [5.41, 5.74) is 2.35. The molecule has 2 fully saturated rings. The second kappa shape index (κ2) is 10.2. The number of rotatable bonds is 6. The summed E-state index contributed by atoms with van der Waals surface area (Å²) in [4.78, 5) is 0. The van der Waals surface area contributed by atoms with Crippen molar-refractivity contribution in [3.8, 4) is 11.5 Å². The van der Waals surface area contributed by atoms with Crippen molar-refractivity contribution in [1.29, 1.82) is 0 Å². The van der Waals surface area contributed by atoms with Crippen LogP contribution in [0.5, 0.6) is 11.5 Å². The minimum Gasteiger partial charge on any atom is -0.491 e. The predicted molar refractivity (Wildman–Crippen MR) is 128 cm³/mol. The van der Waals surface area contributed by atoms with Crippen molar-refractivity contribution < 1.29 is 14.2 Å². The van der Waals surface area contributed by atoms with E-state index in [1.165, 1.54) is 11.1 Å². The number of hydrogen-bond donors (Lipinski definition) is 1. The second-order valence-electron chi connectivity index (χ2n) is 9.21. The second-order valence-corrected chi connectivity index (χ2v) is 9.21. The highest BCUT2D eigenvalue weighted by Crippen LogP contribution is 2.50. The van der Waals surface area contributed by atoms with Crippen LogP contribution in [0.1, 0.15) is 70.0 Å². The van der Waals surface area contributed by atoms with E-state index in [4.69, 9.17) is 14.2 Å². The number of nitrogens with one attached hydrogen (secondary N) is 1. The lowest BCUT2D eigenvalue weighted by atomic mass is 9.77. The molecule has 3 atom stereocenters. The molecule has 170 valence electrons. The van der Waals surface area contributed by atoms with Gasteiger partial charge in [-0.15, -0.1) is 12.4 Å². The molecular formula is C26H36ClNO3. The molecule has 4 rings (SSSR count). The first-order valence-corrected chi connectivity index (χ1v) is 11.4. The normalized spacial score (nSPS) is 25.6. The molecule has 0 amide bonds. The van der Waals surface area contributed by atoms with Crippen molar-refractivity contribution in [2.45, 2.75) is 76.7 Å². The van der Waals surface area contributed by atoms with Gasteiger partial charge in [0.2, 0.25) is 0 Å². The quantitative estimate of drug-likeness (QED) is 0.587. The Hall–Kier alpha value is -1.75. The van der Waals surface area contributed by atoms with Crippen LogP contribution in [0.3, 0.4) is 0 Å². The van der Waals surface area contributed by atoms with E-state index in [0.717, 1.165) is 37.3 Å². The molecule has 31 heavy (non-hydrogen) atoms. The predicted octanol–water partition coefficient (Wildman–Crippen LogP) is 6.05. The fourth-order valence-electron chi connectivity index (χ4n) is 4.96. The number of benzene rings is 2. The van der Waals surface area contributed by atoms with Crippen LogP contribution in [-0.2, 0) is 4.74 Å². The van der Waals surface area contributed by atoms with E-state index in [0.29, 0.717) is 12.5 Å². The van der Waals surface area contributed by atoms with Gasteiger partial charge in [0.05, 0.1) is 30.5 Å². The molecular weight excluding hydrogens is 410 g/mol. The van der Waals surface area contributed by atoms with Crippen LogP contribution in [0.2, 0.25) is 0 Å². The maximum atomic E-state index is 6.64. The van der Waals surface area contributed by atoms with E-state index >= 15 is 0 Å². The highest BCUT2D eigenvalue weighted by Gasteiger charge is 2.49. The average Bonchev–Trinajstić information content (AvgIpc) is 3.13. The summed E-state index contributed by atoms with van der Waals surface area (Å²) < 4.78 is 18.8. The Kier molecular flexibility index (Phi) is 7.90. The molecule has 0 unspecified atom stereocenters. The highest BCUT2D eigenvalue weighted by molar-refractivity contribution is 5.85. The van der Waals surface area contributed by atoms with Gasteiger partial charge in [0, 0.05) is 11.5 Å². The van der Waals surface area contributed by atoms with Crippen LogP contribution in [0, 0.1) is 0 Å². The van der Waals surface area contributed by atoms with E-state index in [2.05, 4.69) is 75.5 Å². The molecule has 0 saturated carbocycles. The van der Waals surface area contributed by atoms with Crippen molar-refractivity contribution >= 4 is 12.4 Å². The van der Waals surface area contributed by atoms with Gasteiger partial charge in [-0.25, -0.2) is 0 Å². The Bertz CT molecular complexity index is 842. The molecule has 4 nitrogen and oxygen atoms in total. The summed E-state index contributed by atoms with van der Waals surface area (Å²) in [5, 5.41) is 3.74. The van der Waals surface area contributed by atoms with E-state index in [-0.39, 0.29) is 36.3 Å². The summed E-state index contributed by atoms with van der Waals surface area (Å²) in [5.74, 6) is 2.14. The maximum Gasteiger partial charge on any atom is 0.123 e. The fourth-order valence-corrected chi connectivity index (χ4v) is 4.96. The highest BCUT2D eigenvalue weighted by atomic mass is 35.5. The van der Waals surface area contributed by atoms with Crippen molar-refractivity contribution in [2.24, 2.45) is 0 Å². The lowest BCUT2D eigenvalue weighted by molar-refractivity contribution is -0.0484. The van der Waals surface area contributed by atoms with Gasteiger partial charge in [-0.2, -0.15) is 0 Å². The van der Waals surface area contributed by atoms with Gasteiger partial charge in [0.1, 0.15) is 11.5 Å². The zero-order valence-corrected chi connectivity index (χ0v) is 19.9. The summed E-state index contributed by atoms with van der Waals surface area (Å²) in [7, 11) is 0. The molecule has 2 aliphatic rings. The molecule has 2 aromatic rings. The lowest BCUT2D eigenvalue weighted by Gasteiger charge is -2.41. The Morgan fingerprint density at radius 2 is 1.74 bits per heavy atom. The molecule has 0 bridgehead atoms. The van der Waals surface area contributed by atoms with Crippen molar-refractivity contribution in [2.75, 3.05) is 13.2 Å². The monoisotopic (exact) mass is 445 g/mol. The van der Waals surface area contributed by atoms with E-state index in [1.807, 2.05) is 6.07 Å². The first kappa shape index (κ1) is 23.9. The number of hydrogen-bond acceptors (Lipinski definition) is 4. The van der Waals surface area contributed by atoms with E-state index < -0.39 is 0 Å². The minimum absolute atomic E-state index is 0. The van der Waals surface area contributed by atoms with Crippen LogP contribution in [0.25, 0.3) is 0 Å². The van der Waals surface area contributed by atoms with Crippen LogP contribution in [-0.4, -0.2) is 31.0 Å². The zero-order chi connectivity index (χ0) is 21.1. The van der Waals surface area contributed by atoms with Crippen molar-refractivity contribution in [3.05, 3.63) is 59.7 Å². The van der Waals surface area contributed by atoms with Crippen LogP contribution in [0.4, 0.5) is 0 Å². The molecule has 2 saturated heterocycles. The zero-order valence-electron chi connectivity index (χ0n) is 19.1. The molecule has 5 heteroatoms. The van der Waals surface area contributed by atoms with Gasteiger partial charge in [-0.3, -0.25) is 0 Å². The van der Waals surface area contributed by atoms with Crippen molar-refractivity contribution in [1.82, 2.24) is 5.32 Å². The number of piperidine rings is 1. The summed E-state index contributed by atoms with van der Waals surface area (Å²) in [6.07, 6.45) is 3.48. The first-order valence-electron chi connectivity index (χ1n) is 11.4. The fraction of sp³-hybridized carbons (Fsp3) is 0.538. The summed E-state index contributed by atoms with van der Waals surface area (Å²) >= 11 is 0. The van der Waals surface area contributed by atoms with Gasteiger partial charge in [-0.05, 0) is 77.3 Å². The third-order valence-corrected chi connectivity index (χ3v) is 6.10. The third kappa shape index (κ3) is 5.36. The average molecular weight is 446 g/mol. The minimum atomic E-state index is -0.172. The van der Waals surface area contributed by atoms with Gasteiger partial charge in [-0.1, -0.05) is 30.3 Å². The van der Waals surface area contributed by atoms with Gasteiger partial charge < -0.3 is 19.5 Å². The molecule has 0 aliphatic carbocycles. The van der Waals surface area contributed by atoms with Gasteiger partial charge in [0.25, 0.3) is 0 Å². The van der Waals surface area contributed by atoms with E-state index in [9.17, 15) is 0 Å². The molecule has 0 aromatic heterocycles. The Balaban J connectivity index is 0.00000272. The molecule has 0 radical (unpaired) electrons. The largest absolute Gasteiger partial charge is 0.491 e. The topological polar surface area (TPSA) is 39.7 Å². The van der Waals surface area contributed by atoms with Crippen LogP contribution >= 0.6 is 12.4 Å². The molecule has 2 aliphatic heterocycles. The SMILES string of the molecule is CC(C)Oc1ccc(OC(C)C)c([C@@H]2CO[C@]3(CCCN[C@H]3c3ccccc3)C2)c1.Cl. The lowest BCUT2D eigenvalue weighted by Crippen LogP contribution is -2.48. The number of halogens is 1.